The van der Waals surface area contributed by atoms with Gasteiger partial charge in [0.1, 0.15) is 17.8 Å². The first-order valence-corrected chi connectivity index (χ1v) is 10.9. The number of hydrogen-bond donors (Lipinski definition) is 1. The summed E-state index contributed by atoms with van der Waals surface area (Å²) in [5, 5.41) is 4.96. The van der Waals surface area contributed by atoms with E-state index in [1.54, 1.807) is 19.1 Å². The van der Waals surface area contributed by atoms with Gasteiger partial charge in [0.05, 0.1) is 7.11 Å². The number of nitrogens with one attached hydrogen (secondary N) is 1. The Hall–Kier alpha value is -3.87. The minimum absolute atomic E-state index is 0.282. The number of carbonyl (C=O) groups is 3. The van der Waals surface area contributed by atoms with Gasteiger partial charge in [0.2, 0.25) is 5.91 Å². The van der Waals surface area contributed by atoms with E-state index in [0.717, 1.165) is 44.5 Å². The zero-order valence-electron chi connectivity index (χ0n) is 18.6. The monoisotopic (exact) mass is 443 g/mol. The number of imide groups is 1. The lowest BCUT2D eigenvalue weighted by Crippen LogP contribution is -2.44. The van der Waals surface area contributed by atoms with E-state index in [0.29, 0.717) is 13.0 Å². The van der Waals surface area contributed by atoms with E-state index in [1.807, 2.05) is 60.7 Å². The van der Waals surface area contributed by atoms with Gasteiger partial charge in [-0.05, 0) is 58.5 Å². The lowest BCUT2D eigenvalue weighted by Gasteiger charge is -2.23. The van der Waals surface area contributed by atoms with Crippen LogP contribution in [0.15, 0.2) is 60.7 Å². The molecule has 5 rings (SSSR count). The van der Waals surface area contributed by atoms with Gasteiger partial charge >= 0.3 is 6.03 Å². The number of aryl methyl sites for hydroxylation is 1. The van der Waals surface area contributed by atoms with Crippen LogP contribution in [-0.2, 0) is 28.1 Å². The summed E-state index contributed by atoms with van der Waals surface area (Å²) in [6.45, 7) is 0.0916. The summed E-state index contributed by atoms with van der Waals surface area (Å²) in [5.74, 6) is 0.147. The van der Waals surface area contributed by atoms with Crippen LogP contribution in [-0.4, -0.2) is 48.3 Å². The van der Waals surface area contributed by atoms with Gasteiger partial charge in [-0.15, -0.1) is 0 Å². The van der Waals surface area contributed by atoms with Crippen LogP contribution in [0.25, 0.3) is 10.8 Å². The largest absolute Gasteiger partial charge is 0.497 e. The number of hydrogen-bond acceptors (Lipinski definition) is 4. The number of nitrogens with zero attached hydrogens (tertiary/aromatic N) is 2. The maximum absolute atomic E-state index is 13.3. The number of rotatable bonds is 5. The van der Waals surface area contributed by atoms with Crippen molar-refractivity contribution in [3.05, 3.63) is 77.4 Å². The standard InChI is InChI=1S/C26H25N3O4/c1-28(15-17-7-8-20-14-21(33-2)10-9-19(20)13-17)23(30)16-29-24(31)26(27-25(29)32)12-11-18-5-3-4-6-22(18)26/h3-10,13-14H,11-12,15-16H2,1-2H3,(H,27,32)/t26-/m0/s1. The predicted octanol–water partition coefficient (Wildman–Crippen LogP) is 3.20. The molecule has 1 aliphatic carbocycles. The highest BCUT2D eigenvalue weighted by Gasteiger charge is 2.55. The second-order valence-corrected chi connectivity index (χ2v) is 8.68. The Bertz CT molecular complexity index is 1290. The SMILES string of the molecule is COc1ccc2cc(CN(C)C(=O)CN3C(=O)N[C@]4(CCc5ccccc54)C3=O)ccc2c1. The highest BCUT2D eigenvalue weighted by Crippen LogP contribution is 2.41. The molecule has 3 aromatic carbocycles. The van der Waals surface area contributed by atoms with Crippen LogP contribution in [0.4, 0.5) is 4.79 Å². The number of likely N-dealkylation sites (N-methyl/N-ethyl adjacent to an activating group) is 1. The van der Waals surface area contributed by atoms with E-state index < -0.39 is 11.6 Å². The maximum Gasteiger partial charge on any atom is 0.325 e. The van der Waals surface area contributed by atoms with E-state index in [9.17, 15) is 14.4 Å². The Morgan fingerprint density at radius 2 is 1.85 bits per heavy atom. The van der Waals surface area contributed by atoms with Gasteiger partial charge in [0, 0.05) is 13.6 Å². The molecule has 0 unspecified atom stereocenters. The molecule has 3 aromatic rings. The number of ether oxygens (including phenoxy) is 1. The molecule has 33 heavy (non-hydrogen) atoms. The lowest BCUT2D eigenvalue weighted by molar-refractivity contribution is -0.138. The van der Waals surface area contributed by atoms with Gasteiger partial charge in [-0.2, -0.15) is 0 Å². The Morgan fingerprint density at radius 1 is 1.09 bits per heavy atom. The van der Waals surface area contributed by atoms with Crippen LogP contribution in [0.3, 0.4) is 0 Å². The molecular formula is C26H25N3O4. The third-order valence-corrected chi connectivity index (χ3v) is 6.67. The van der Waals surface area contributed by atoms with Gasteiger partial charge in [0.25, 0.3) is 5.91 Å². The van der Waals surface area contributed by atoms with Gasteiger partial charge in [-0.1, -0.05) is 42.5 Å². The van der Waals surface area contributed by atoms with Crippen molar-refractivity contribution in [3.63, 3.8) is 0 Å². The molecule has 4 amide bonds. The first kappa shape index (κ1) is 21.0. The predicted molar refractivity (Wildman–Crippen MR) is 124 cm³/mol. The van der Waals surface area contributed by atoms with E-state index >= 15 is 0 Å². The fourth-order valence-electron chi connectivity index (χ4n) is 4.85. The Kier molecular flexibility index (Phi) is 5.04. The quantitative estimate of drug-likeness (QED) is 0.615. The summed E-state index contributed by atoms with van der Waals surface area (Å²) in [6, 6.07) is 19.0. The summed E-state index contributed by atoms with van der Waals surface area (Å²) in [4.78, 5) is 41.5. The zero-order chi connectivity index (χ0) is 23.2. The van der Waals surface area contributed by atoms with Gasteiger partial charge in [-0.25, -0.2) is 4.79 Å². The van der Waals surface area contributed by atoms with Crippen LogP contribution in [0, 0.1) is 0 Å². The average molecular weight is 444 g/mol. The van der Waals surface area contributed by atoms with Crippen LogP contribution in [0.2, 0.25) is 0 Å². The van der Waals surface area contributed by atoms with Crippen LogP contribution >= 0.6 is 0 Å². The second-order valence-electron chi connectivity index (χ2n) is 8.68. The first-order valence-electron chi connectivity index (χ1n) is 10.9. The molecule has 1 N–H and O–H groups in total. The Labute approximate surface area is 191 Å². The van der Waals surface area contributed by atoms with Crippen molar-refractivity contribution in [2.45, 2.75) is 24.9 Å². The molecule has 0 radical (unpaired) electrons. The summed E-state index contributed by atoms with van der Waals surface area (Å²) in [6.07, 6.45) is 1.23. The highest BCUT2D eigenvalue weighted by atomic mass is 16.5. The summed E-state index contributed by atoms with van der Waals surface area (Å²) in [7, 11) is 3.31. The number of urea groups is 1. The lowest BCUT2D eigenvalue weighted by atomic mass is 9.92. The third-order valence-electron chi connectivity index (χ3n) is 6.67. The summed E-state index contributed by atoms with van der Waals surface area (Å²) < 4.78 is 5.27. The van der Waals surface area contributed by atoms with E-state index in [4.69, 9.17) is 4.74 Å². The fraction of sp³-hybridized carbons (Fsp3) is 0.269. The van der Waals surface area contributed by atoms with Crippen LogP contribution in [0.5, 0.6) is 5.75 Å². The van der Waals surface area contributed by atoms with Crippen molar-refractivity contribution in [3.8, 4) is 5.75 Å². The van der Waals surface area contributed by atoms with Crippen molar-refractivity contribution in [1.29, 1.82) is 0 Å². The number of fused-ring (bicyclic) bond motifs is 3. The molecule has 1 aliphatic heterocycles. The normalized spacial score (nSPS) is 19.2. The van der Waals surface area contributed by atoms with Crippen LogP contribution in [0.1, 0.15) is 23.1 Å². The van der Waals surface area contributed by atoms with Crippen molar-refractivity contribution in [2.24, 2.45) is 0 Å². The molecule has 2 aliphatic rings. The number of amides is 4. The van der Waals surface area contributed by atoms with Crippen molar-refractivity contribution >= 4 is 28.6 Å². The number of methoxy groups -OCH3 is 1. The molecule has 1 atom stereocenters. The summed E-state index contributed by atoms with van der Waals surface area (Å²) >= 11 is 0. The maximum atomic E-state index is 13.3. The molecule has 0 bridgehead atoms. The second kappa shape index (κ2) is 7.92. The molecule has 168 valence electrons. The molecule has 7 nitrogen and oxygen atoms in total. The van der Waals surface area contributed by atoms with Gasteiger partial charge in [-0.3, -0.25) is 14.5 Å². The third kappa shape index (κ3) is 3.50. The van der Waals surface area contributed by atoms with Crippen molar-refractivity contribution in [1.82, 2.24) is 15.1 Å². The molecule has 1 fully saturated rings. The molecule has 7 heteroatoms. The smallest absolute Gasteiger partial charge is 0.325 e. The Morgan fingerprint density at radius 3 is 2.67 bits per heavy atom. The zero-order valence-corrected chi connectivity index (χ0v) is 18.6. The highest BCUT2D eigenvalue weighted by molar-refractivity contribution is 6.09. The fourth-order valence-corrected chi connectivity index (χ4v) is 4.85. The van der Waals surface area contributed by atoms with Crippen molar-refractivity contribution < 1.29 is 19.1 Å². The minimum Gasteiger partial charge on any atom is -0.497 e. The van der Waals surface area contributed by atoms with Gasteiger partial charge in [0.15, 0.2) is 0 Å². The minimum atomic E-state index is -1.05. The Balaban J connectivity index is 1.29. The molecule has 0 aromatic heterocycles. The first-order chi connectivity index (χ1) is 15.9. The molecular weight excluding hydrogens is 418 g/mol. The molecule has 1 spiro atoms. The van der Waals surface area contributed by atoms with E-state index in [-0.39, 0.29) is 18.4 Å². The van der Waals surface area contributed by atoms with Crippen LogP contribution < -0.4 is 10.1 Å². The average Bonchev–Trinajstić information content (AvgIpc) is 3.31. The number of carbonyl (C=O) groups excluding carboxylic acids is 3. The molecule has 0 saturated carbocycles. The summed E-state index contributed by atoms with van der Waals surface area (Å²) in [5.41, 5.74) is 1.80. The molecule has 1 heterocycles. The number of benzene rings is 3. The van der Waals surface area contributed by atoms with E-state index in [1.165, 1.54) is 0 Å². The van der Waals surface area contributed by atoms with Crippen molar-refractivity contribution in [2.75, 3.05) is 20.7 Å². The van der Waals surface area contributed by atoms with Gasteiger partial charge < -0.3 is 15.0 Å². The topological polar surface area (TPSA) is 79.0 Å². The molecule has 1 saturated heterocycles. The van der Waals surface area contributed by atoms with E-state index in [2.05, 4.69) is 5.32 Å².